The normalized spacial score (nSPS) is 13.1. The fourth-order valence-electron chi connectivity index (χ4n) is 1.56. The SMILES string of the molecule is CC(CCO)CNC(=O)c1cc(C(F)(F)F)ccc1Br. The Morgan fingerprint density at radius 1 is 1.45 bits per heavy atom. The highest BCUT2D eigenvalue weighted by Gasteiger charge is 2.31. The van der Waals surface area contributed by atoms with Gasteiger partial charge in [0.2, 0.25) is 0 Å². The van der Waals surface area contributed by atoms with E-state index in [1.807, 2.05) is 6.92 Å². The second kappa shape index (κ2) is 7.08. The van der Waals surface area contributed by atoms with Crippen molar-refractivity contribution in [3.05, 3.63) is 33.8 Å². The van der Waals surface area contributed by atoms with Crippen LogP contribution in [0.4, 0.5) is 13.2 Å². The molecule has 0 spiro atoms. The van der Waals surface area contributed by atoms with Crippen LogP contribution in [0.1, 0.15) is 29.3 Å². The molecule has 0 saturated carbocycles. The topological polar surface area (TPSA) is 49.3 Å². The van der Waals surface area contributed by atoms with Crippen molar-refractivity contribution in [2.75, 3.05) is 13.2 Å². The zero-order chi connectivity index (χ0) is 15.3. The van der Waals surface area contributed by atoms with Crippen LogP contribution in [0.3, 0.4) is 0 Å². The molecule has 20 heavy (non-hydrogen) atoms. The van der Waals surface area contributed by atoms with Gasteiger partial charge in [-0.05, 0) is 46.5 Å². The molecule has 0 fully saturated rings. The number of aliphatic hydroxyl groups is 1. The van der Waals surface area contributed by atoms with Crippen LogP contribution in [-0.2, 0) is 6.18 Å². The van der Waals surface area contributed by atoms with E-state index in [0.717, 1.165) is 12.1 Å². The van der Waals surface area contributed by atoms with E-state index < -0.39 is 17.6 Å². The lowest BCUT2D eigenvalue weighted by Crippen LogP contribution is -2.29. The number of halogens is 4. The molecule has 0 aliphatic heterocycles. The molecule has 1 unspecified atom stereocenters. The Morgan fingerprint density at radius 3 is 2.65 bits per heavy atom. The number of rotatable bonds is 5. The molecule has 2 N–H and O–H groups in total. The van der Waals surface area contributed by atoms with Crippen LogP contribution < -0.4 is 5.32 Å². The summed E-state index contributed by atoms with van der Waals surface area (Å²) < 4.78 is 38.1. The van der Waals surface area contributed by atoms with Gasteiger partial charge in [0.15, 0.2) is 0 Å². The van der Waals surface area contributed by atoms with Crippen molar-refractivity contribution in [2.24, 2.45) is 5.92 Å². The number of carbonyl (C=O) groups excluding carboxylic acids is 1. The predicted octanol–water partition coefficient (Wildman–Crippen LogP) is 3.22. The van der Waals surface area contributed by atoms with Crippen molar-refractivity contribution in [3.63, 3.8) is 0 Å². The molecule has 3 nitrogen and oxygen atoms in total. The predicted molar refractivity (Wildman–Crippen MR) is 72.3 cm³/mol. The fourth-order valence-corrected chi connectivity index (χ4v) is 1.99. The highest BCUT2D eigenvalue weighted by molar-refractivity contribution is 9.10. The van der Waals surface area contributed by atoms with E-state index in [-0.39, 0.29) is 18.1 Å². The summed E-state index contributed by atoms with van der Waals surface area (Å²) in [6.45, 7) is 2.13. The van der Waals surface area contributed by atoms with E-state index >= 15 is 0 Å². The number of aliphatic hydroxyl groups excluding tert-OH is 1. The van der Waals surface area contributed by atoms with E-state index in [4.69, 9.17) is 5.11 Å². The summed E-state index contributed by atoms with van der Waals surface area (Å²) >= 11 is 3.07. The molecule has 1 amide bonds. The fraction of sp³-hybridized carbons (Fsp3) is 0.462. The summed E-state index contributed by atoms with van der Waals surface area (Å²) in [7, 11) is 0. The number of hydrogen-bond donors (Lipinski definition) is 2. The molecule has 0 aliphatic rings. The van der Waals surface area contributed by atoms with E-state index in [9.17, 15) is 18.0 Å². The number of alkyl halides is 3. The first-order chi connectivity index (χ1) is 9.25. The Labute approximate surface area is 123 Å². The van der Waals surface area contributed by atoms with Gasteiger partial charge in [-0.25, -0.2) is 0 Å². The van der Waals surface area contributed by atoms with Crippen molar-refractivity contribution >= 4 is 21.8 Å². The van der Waals surface area contributed by atoms with E-state index in [2.05, 4.69) is 21.2 Å². The monoisotopic (exact) mass is 353 g/mol. The second-order valence-electron chi connectivity index (χ2n) is 4.52. The van der Waals surface area contributed by atoms with Crippen molar-refractivity contribution in [1.82, 2.24) is 5.32 Å². The maximum atomic E-state index is 12.6. The molecule has 1 rings (SSSR count). The van der Waals surface area contributed by atoms with Crippen LogP contribution in [0.2, 0.25) is 0 Å². The van der Waals surface area contributed by atoms with Gasteiger partial charge in [-0.2, -0.15) is 13.2 Å². The Hall–Kier alpha value is -1.08. The summed E-state index contributed by atoms with van der Waals surface area (Å²) in [6.07, 6.45) is -3.97. The Morgan fingerprint density at radius 2 is 2.10 bits per heavy atom. The van der Waals surface area contributed by atoms with Crippen LogP contribution >= 0.6 is 15.9 Å². The molecule has 0 heterocycles. The maximum Gasteiger partial charge on any atom is 0.416 e. The first-order valence-electron chi connectivity index (χ1n) is 6.01. The third-order valence-corrected chi connectivity index (χ3v) is 3.46. The average Bonchev–Trinajstić information content (AvgIpc) is 2.35. The number of carbonyl (C=O) groups is 1. The van der Waals surface area contributed by atoms with E-state index in [1.165, 1.54) is 6.07 Å². The first-order valence-corrected chi connectivity index (χ1v) is 6.80. The third-order valence-electron chi connectivity index (χ3n) is 2.77. The number of hydrogen-bond acceptors (Lipinski definition) is 2. The van der Waals surface area contributed by atoms with Crippen LogP contribution in [0.25, 0.3) is 0 Å². The van der Waals surface area contributed by atoms with Crippen molar-refractivity contribution < 1.29 is 23.1 Å². The molecular weight excluding hydrogens is 339 g/mol. The van der Waals surface area contributed by atoms with Gasteiger partial charge in [-0.1, -0.05) is 6.92 Å². The summed E-state index contributed by atoms with van der Waals surface area (Å²) in [4.78, 5) is 11.9. The van der Waals surface area contributed by atoms with Gasteiger partial charge in [0.25, 0.3) is 5.91 Å². The van der Waals surface area contributed by atoms with Gasteiger partial charge in [-0.3, -0.25) is 4.79 Å². The lowest BCUT2D eigenvalue weighted by molar-refractivity contribution is -0.137. The molecule has 1 aromatic carbocycles. The Kier molecular flexibility index (Phi) is 6.01. The minimum Gasteiger partial charge on any atom is -0.396 e. The molecule has 1 aromatic rings. The smallest absolute Gasteiger partial charge is 0.396 e. The summed E-state index contributed by atoms with van der Waals surface area (Å²) in [5.41, 5.74) is -0.926. The number of nitrogens with one attached hydrogen (secondary N) is 1. The molecule has 0 aliphatic carbocycles. The van der Waals surface area contributed by atoms with Crippen LogP contribution in [0.5, 0.6) is 0 Å². The minimum atomic E-state index is -4.49. The van der Waals surface area contributed by atoms with Gasteiger partial charge in [0, 0.05) is 17.6 Å². The van der Waals surface area contributed by atoms with E-state index in [0.29, 0.717) is 17.4 Å². The van der Waals surface area contributed by atoms with Crippen molar-refractivity contribution in [2.45, 2.75) is 19.5 Å². The lowest BCUT2D eigenvalue weighted by atomic mass is 10.1. The Bertz CT molecular complexity index is 477. The van der Waals surface area contributed by atoms with Crippen molar-refractivity contribution in [3.8, 4) is 0 Å². The highest BCUT2D eigenvalue weighted by Crippen LogP contribution is 2.31. The second-order valence-corrected chi connectivity index (χ2v) is 5.37. The molecule has 0 radical (unpaired) electrons. The quantitative estimate of drug-likeness (QED) is 0.853. The molecule has 0 aromatic heterocycles. The summed E-state index contributed by atoms with van der Waals surface area (Å²) in [5.74, 6) is -0.527. The third kappa shape index (κ3) is 4.79. The molecule has 0 saturated heterocycles. The van der Waals surface area contributed by atoms with Crippen LogP contribution in [0, 0.1) is 5.92 Å². The standard InChI is InChI=1S/C13H15BrF3NO2/c1-8(4-5-19)7-18-12(20)10-6-9(13(15,16)17)2-3-11(10)14/h2-3,6,8,19H,4-5,7H2,1H3,(H,18,20). The molecule has 112 valence electrons. The summed E-state index contributed by atoms with van der Waals surface area (Å²) in [5, 5.41) is 11.3. The van der Waals surface area contributed by atoms with E-state index in [1.54, 1.807) is 0 Å². The average molecular weight is 354 g/mol. The zero-order valence-electron chi connectivity index (χ0n) is 10.8. The molecular formula is C13H15BrF3NO2. The van der Waals surface area contributed by atoms with Gasteiger partial charge in [0.05, 0.1) is 11.1 Å². The van der Waals surface area contributed by atoms with Crippen molar-refractivity contribution in [1.29, 1.82) is 0 Å². The first kappa shape index (κ1) is 17.0. The molecule has 0 bridgehead atoms. The molecule has 1 atom stereocenters. The van der Waals surface area contributed by atoms with Crippen LogP contribution in [0.15, 0.2) is 22.7 Å². The van der Waals surface area contributed by atoms with Gasteiger partial charge < -0.3 is 10.4 Å². The van der Waals surface area contributed by atoms with Gasteiger partial charge in [-0.15, -0.1) is 0 Å². The maximum absolute atomic E-state index is 12.6. The highest BCUT2D eigenvalue weighted by atomic mass is 79.9. The van der Waals surface area contributed by atoms with Gasteiger partial charge >= 0.3 is 6.18 Å². The number of benzene rings is 1. The van der Waals surface area contributed by atoms with Gasteiger partial charge in [0.1, 0.15) is 0 Å². The number of amides is 1. The lowest BCUT2D eigenvalue weighted by Gasteiger charge is -2.13. The Balaban J connectivity index is 2.82. The minimum absolute atomic E-state index is 0.00426. The zero-order valence-corrected chi connectivity index (χ0v) is 12.4. The van der Waals surface area contributed by atoms with Crippen LogP contribution in [-0.4, -0.2) is 24.2 Å². The summed E-state index contributed by atoms with van der Waals surface area (Å²) in [6, 6.07) is 2.93. The largest absolute Gasteiger partial charge is 0.416 e. The molecule has 7 heteroatoms.